The highest BCUT2D eigenvalue weighted by molar-refractivity contribution is 7.98. The number of pyridine rings is 1. The van der Waals surface area contributed by atoms with Crippen LogP contribution in [0.2, 0.25) is 0 Å². The van der Waals surface area contributed by atoms with Gasteiger partial charge < -0.3 is 0 Å². The molecule has 17 heavy (non-hydrogen) atoms. The third-order valence-corrected chi connectivity index (χ3v) is 4.19. The summed E-state index contributed by atoms with van der Waals surface area (Å²) >= 11 is 1.85. The fourth-order valence-corrected chi connectivity index (χ4v) is 3.37. The van der Waals surface area contributed by atoms with Crippen molar-refractivity contribution in [2.24, 2.45) is 0 Å². The molecule has 0 spiro atoms. The lowest BCUT2D eigenvalue weighted by molar-refractivity contribution is 1.09. The van der Waals surface area contributed by atoms with Crippen LogP contribution in [-0.2, 0) is 5.75 Å². The molecule has 0 radical (unpaired) electrons. The van der Waals surface area contributed by atoms with Gasteiger partial charge in [0.1, 0.15) is 0 Å². The number of nitrogens with one attached hydrogen (secondary N) is 1. The van der Waals surface area contributed by atoms with E-state index in [9.17, 15) is 0 Å². The van der Waals surface area contributed by atoms with Crippen molar-refractivity contribution >= 4 is 22.8 Å². The molecule has 3 heterocycles. The highest BCUT2D eigenvalue weighted by Crippen LogP contribution is 2.43. The summed E-state index contributed by atoms with van der Waals surface area (Å²) in [7, 11) is 0. The zero-order chi connectivity index (χ0) is 11.2. The predicted octanol–water partition coefficient (Wildman–Crippen LogP) is 3.23. The number of thioether (sulfide) groups is 1. The second kappa shape index (κ2) is 3.34. The van der Waals surface area contributed by atoms with E-state index in [2.05, 4.69) is 39.4 Å². The van der Waals surface area contributed by atoms with Gasteiger partial charge in [-0.3, -0.25) is 5.10 Å². The van der Waals surface area contributed by atoms with Gasteiger partial charge in [0.15, 0.2) is 5.65 Å². The van der Waals surface area contributed by atoms with Crippen LogP contribution < -0.4 is 0 Å². The van der Waals surface area contributed by atoms with Crippen LogP contribution >= 0.6 is 11.8 Å². The number of aromatic amines is 1. The average molecular weight is 239 g/mol. The number of benzene rings is 1. The van der Waals surface area contributed by atoms with E-state index >= 15 is 0 Å². The number of aromatic nitrogens is 3. The largest absolute Gasteiger partial charge is 0.261 e. The van der Waals surface area contributed by atoms with Gasteiger partial charge >= 0.3 is 0 Å². The lowest BCUT2D eigenvalue weighted by Crippen LogP contribution is -1.97. The molecule has 1 aliphatic heterocycles. The minimum absolute atomic E-state index is 0.862. The Morgan fingerprint density at radius 1 is 1.18 bits per heavy atom. The van der Waals surface area contributed by atoms with Crippen LogP contribution in [0.5, 0.6) is 0 Å². The van der Waals surface area contributed by atoms with Gasteiger partial charge in [-0.2, -0.15) is 5.10 Å². The summed E-state index contributed by atoms with van der Waals surface area (Å²) in [5.41, 5.74) is 4.84. The molecule has 0 unspecified atom stereocenters. The Balaban J connectivity index is 2.16. The zero-order valence-corrected chi connectivity index (χ0v) is 9.79. The standard InChI is InChI=1S/C13H9N3S/c1-2-4-9-8(3-1)7-17-11-6-14-13-10(12(9)11)5-15-16-13/h1-6H,7H2,(H,14,15,16). The van der Waals surface area contributed by atoms with E-state index in [0.29, 0.717) is 0 Å². The van der Waals surface area contributed by atoms with Crippen molar-refractivity contribution < 1.29 is 0 Å². The first-order chi connectivity index (χ1) is 8.43. The molecule has 0 fully saturated rings. The molecule has 0 atom stereocenters. The fraction of sp³-hybridized carbons (Fsp3) is 0.0769. The van der Waals surface area contributed by atoms with Crippen LogP contribution in [0.1, 0.15) is 5.56 Å². The molecule has 0 amide bonds. The number of hydrogen-bond donors (Lipinski definition) is 1. The van der Waals surface area contributed by atoms with Crippen molar-refractivity contribution in [3.63, 3.8) is 0 Å². The van der Waals surface area contributed by atoms with Crippen LogP contribution in [0.3, 0.4) is 0 Å². The van der Waals surface area contributed by atoms with Gasteiger partial charge in [0.25, 0.3) is 0 Å². The Kier molecular flexibility index (Phi) is 1.82. The van der Waals surface area contributed by atoms with E-state index in [1.807, 2.05) is 24.2 Å². The summed E-state index contributed by atoms with van der Waals surface area (Å²) in [5.74, 6) is 1.02. The topological polar surface area (TPSA) is 41.6 Å². The van der Waals surface area contributed by atoms with Crippen molar-refractivity contribution in [2.75, 3.05) is 0 Å². The van der Waals surface area contributed by atoms with Gasteiger partial charge in [0, 0.05) is 27.8 Å². The predicted molar refractivity (Wildman–Crippen MR) is 68.9 cm³/mol. The molecule has 4 heteroatoms. The maximum atomic E-state index is 4.39. The second-order valence-electron chi connectivity index (χ2n) is 4.08. The summed E-state index contributed by atoms with van der Waals surface area (Å²) in [6.45, 7) is 0. The molecule has 0 saturated heterocycles. The van der Waals surface area contributed by atoms with E-state index in [1.54, 1.807) is 0 Å². The van der Waals surface area contributed by atoms with Crippen LogP contribution in [0, 0.1) is 0 Å². The molecule has 1 aliphatic rings. The summed E-state index contributed by atoms with van der Waals surface area (Å²) in [6.07, 6.45) is 3.81. The van der Waals surface area contributed by atoms with E-state index in [0.717, 1.165) is 16.8 Å². The van der Waals surface area contributed by atoms with Crippen LogP contribution in [0.4, 0.5) is 0 Å². The monoisotopic (exact) mass is 239 g/mol. The molecule has 0 bridgehead atoms. The smallest absolute Gasteiger partial charge is 0.155 e. The van der Waals surface area contributed by atoms with Gasteiger partial charge in [0.2, 0.25) is 0 Å². The third kappa shape index (κ3) is 1.24. The molecule has 1 N–H and O–H groups in total. The third-order valence-electron chi connectivity index (χ3n) is 3.12. The van der Waals surface area contributed by atoms with Crippen LogP contribution in [0.25, 0.3) is 22.2 Å². The number of nitrogens with zero attached hydrogens (tertiary/aromatic N) is 2. The highest BCUT2D eigenvalue weighted by atomic mass is 32.2. The minimum atomic E-state index is 0.862. The normalized spacial score (nSPS) is 13.4. The molecule has 82 valence electrons. The fourth-order valence-electron chi connectivity index (χ4n) is 2.31. The van der Waals surface area contributed by atoms with Crippen molar-refractivity contribution in [1.82, 2.24) is 15.2 Å². The average Bonchev–Trinajstić information content (AvgIpc) is 2.86. The zero-order valence-electron chi connectivity index (χ0n) is 8.97. The number of H-pyrrole nitrogens is 1. The van der Waals surface area contributed by atoms with E-state index < -0.39 is 0 Å². The van der Waals surface area contributed by atoms with Crippen LogP contribution in [0.15, 0.2) is 41.6 Å². The first-order valence-electron chi connectivity index (χ1n) is 5.46. The first-order valence-corrected chi connectivity index (χ1v) is 6.45. The van der Waals surface area contributed by atoms with E-state index in [1.165, 1.54) is 21.6 Å². The van der Waals surface area contributed by atoms with Gasteiger partial charge in [-0.1, -0.05) is 24.3 Å². The Labute approximate surface area is 102 Å². The van der Waals surface area contributed by atoms with E-state index in [-0.39, 0.29) is 0 Å². The summed E-state index contributed by atoms with van der Waals surface area (Å²) in [5, 5.41) is 8.13. The number of fused-ring (bicyclic) bond motifs is 5. The Morgan fingerprint density at radius 2 is 2.12 bits per heavy atom. The van der Waals surface area contributed by atoms with Gasteiger partial charge in [0.05, 0.1) is 6.20 Å². The highest BCUT2D eigenvalue weighted by Gasteiger charge is 2.19. The van der Waals surface area contributed by atoms with Crippen molar-refractivity contribution in [3.8, 4) is 11.1 Å². The maximum Gasteiger partial charge on any atom is 0.155 e. The van der Waals surface area contributed by atoms with E-state index in [4.69, 9.17) is 0 Å². The molecular weight excluding hydrogens is 230 g/mol. The molecule has 0 aliphatic carbocycles. The summed E-state index contributed by atoms with van der Waals surface area (Å²) < 4.78 is 0. The molecule has 2 aromatic heterocycles. The molecule has 0 saturated carbocycles. The quantitative estimate of drug-likeness (QED) is 0.655. The number of hydrogen-bond acceptors (Lipinski definition) is 3. The molecule has 3 nitrogen and oxygen atoms in total. The van der Waals surface area contributed by atoms with Crippen LogP contribution in [-0.4, -0.2) is 15.2 Å². The summed E-state index contributed by atoms with van der Waals surface area (Å²) in [4.78, 5) is 5.64. The Hall–Kier alpha value is -1.81. The van der Waals surface area contributed by atoms with Crippen molar-refractivity contribution in [1.29, 1.82) is 0 Å². The van der Waals surface area contributed by atoms with Gasteiger partial charge in [-0.05, 0) is 11.1 Å². The second-order valence-corrected chi connectivity index (χ2v) is 5.09. The minimum Gasteiger partial charge on any atom is -0.261 e. The molecule has 3 aromatic rings. The SMILES string of the molecule is c1ccc2c(c1)CSc1cnc3[nH]ncc3c1-2. The molecule has 1 aromatic carbocycles. The first kappa shape index (κ1) is 9.24. The van der Waals surface area contributed by atoms with Gasteiger partial charge in [-0.25, -0.2) is 4.98 Å². The van der Waals surface area contributed by atoms with Gasteiger partial charge in [-0.15, -0.1) is 11.8 Å². The molecule has 4 rings (SSSR count). The molecular formula is C13H9N3S. The van der Waals surface area contributed by atoms with Crippen molar-refractivity contribution in [3.05, 3.63) is 42.2 Å². The Bertz CT molecular complexity index is 718. The maximum absolute atomic E-state index is 4.39. The summed E-state index contributed by atoms with van der Waals surface area (Å²) in [6, 6.07) is 8.56. The number of rotatable bonds is 0. The van der Waals surface area contributed by atoms with Crippen molar-refractivity contribution in [2.45, 2.75) is 10.6 Å². The lowest BCUT2D eigenvalue weighted by Gasteiger charge is -2.19. The lowest BCUT2D eigenvalue weighted by atomic mass is 9.99. The Morgan fingerprint density at radius 3 is 3.12 bits per heavy atom.